The number of morpholine rings is 1. The van der Waals surface area contributed by atoms with Gasteiger partial charge in [0, 0.05) is 30.3 Å². The van der Waals surface area contributed by atoms with Gasteiger partial charge in [0.1, 0.15) is 6.61 Å². The minimum absolute atomic E-state index is 0.155. The number of nitrogens with zero attached hydrogens (tertiary/aromatic N) is 3. The predicted octanol–water partition coefficient (Wildman–Crippen LogP) is 2.28. The molecule has 1 amide bonds. The average Bonchev–Trinajstić information content (AvgIpc) is 2.88. The van der Waals surface area contributed by atoms with Crippen molar-refractivity contribution in [1.82, 2.24) is 19.8 Å². The lowest BCUT2D eigenvalue weighted by Crippen LogP contribution is -2.40. The van der Waals surface area contributed by atoms with Crippen molar-refractivity contribution in [3.8, 4) is 17.1 Å². The van der Waals surface area contributed by atoms with Gasteiger partial charge in [-0.15, -0.1) is 10.2 Å². The molecule has 1 aliphatic heterocycles. The normalized spacial score (nSPS) is 14.5. The summed E-state index contributed by atoms with van der Waals surface area (Å²) in [4.78, 5) is 12.5. The van der Waals surface area contributed by atoms with Crippen molar-refractivity contribution >= 4 is 15.9 Å². The molecule has 0 unspecified atom stereocenters. The fourth-order valence-electron chi connectivity index (χ4n) is 3.41. The highest BCUT2D eigenvalue weighted by Gasteiger charge is 2.26. The van der Waals surface area contributed by atoms with E-state index in [9.17, 15) is 13.2 Å². The summed E-state index contributed by atoms with van der Waals surface area (Å²) in [5.41, 5.74) is 3.26. The molecule has 0 spiro atoms. The zero-order valence-electron chi connectivity index (χ0n) is 18.8. The molecular formula is C24H26N4O5S. The fraction of sp³-hybridized carbons (Fsp3) is 0.292. The van der Waals surface area contributed by atoms with Crippen LogP contribution in [-0.2, 0) is 14.8 Å². The molecule has 34 heavy (non-hydrogen) atoms. The number of nitrogens with one attached hydrogen (secondary N) is 1. The molecule has 0 saturated carbocycles. The SMILES string of the molecule is Cc1ccc(-c2ccc(OCCNC(=O)c3ccc(S(=O)(=O)N4CCOCC4)cc3)nn2)cc1. The summed E-state index contributed by atoms with van der Waals surface area (Å²) in [6, 6.07) is 17.5. The van der Waals surface area contributed by atoms with E-state index in [2.05, 4.69) is 15.5 Å². The van der Waals surface area contributed by atoms with Crippen LogP contribution >= 0.6 is 0 Å². The second kappa shape index (κ2) is 10.7. The molecule has 4 rings (SSSR count). The molecule has 178 valence electrons. The topological polar surface area (TPSA) is 111 Å². The Morgan fingerprint density at radius 3 is 2.35 bits per heavy atom. The molecule has 0 atom stereocenters. The minimum atomic E-state index is -3.59. The maximum Gasteiger partial charge on any atom is 0.251 e. The van der Waals surface area contributed by atoms with E-state index in [1.54, 1.807) is 6.07 Å². The van der Waals surface area contributed by atoms with Crippen LogP contribution in [0.2, 0.25) is 0 Å². The van der Waals surface area contributed by atoms with Gasteiger partial charge in [0.15, 0.2) is 0 Å². The van der Waals surface area contributed by atoms with E-state index >= 15 is 0 Å². The first-order valence-electron chi connectivity index (χ1n) is 10.9. The van der Waals surface area contributed by atoms with Gasteiger partial charge in [-0.1, -0.05) is 29.8 Å². The summed E-state index contributed by atoms with van der Waals surface area (Å²) in [7, 11) is -3.59. The molecule has 1 N–H and O–H groups in total. The first-order chi connectivity index (χ1) is 16.4. The standard InChI is InChI=1S/C24H26N4O5S/c1-18-2-4-19(5-3-18)22-10-11-23(27-26-22)33-15-12-25-24(29)20-6-8-21(9-7-20)34(30,31)28-13-16-32-17-14-28/h2-11H,12-17H2,1H3,(H,25,29). The van der Waals surface area contributed by atoms with Crippen LogP contribution in [0.3, 0.4) is 0 Å². The Bertz CT molecular complexity index is 1210. The second-order valence-electron chi connectivity index (χ2n) is 7.77. The number of carbonyl (C=O) groups excluding carboxylic acids is 1. The number of aryl methyl sites for hydroxylation is 1. The van der Waals surface area contributed by atoms with Crippen LogP contribution in [0, 0.1) is 6.92 Å². The molecule has 1 aliphatic rings. The fourth-order valence-corrected chi connectivity index (χ4v) is 4.82. The lowest BCUT2D eigenvalue weighted by molar-refractivity contribution is 0.0730. The predicted molar refractivity (Wildman–Crippen MR) is 126 cm³/mol. The van der Waals surface area contributed by atoms with Crippen LogP contribution in [0.25, 0.3) is 11.3 Å². The lowest BCUT2D eigenvalue weighted by Gasteiger charge is -2.26. The number of amides is 1. The molecule has 1 fully saturated rings. The first-order valence-corrected chi connectivity index (χ1v) is 12.4. The van der Waals surface area contributed by atoms with E-state index in [0.717, 1.165) is 11.3 Å². The number of rotatable bonds is 8. The van der Waals surface area contributed by atoms with Crippen molar-refractivity contribution in [2.24, 2.45) is 0 Å². The highest BCUT2D eigenvalue weighted by Crippen LogP contribution is 2.19. The summed E-state index contributed by atoms with van der Waals surface area (Å²) in [5.74, 6) is 0.0440. The van der Waals surface area contributed by atoms with Crippen LogP contribution in [0.15, 0.2) is 65.6 Å². The highest BCUT2D eigenvalue weighted by atomic mass is 32.2. The third-order valence-electron chi connectivity index (χ3n) is 5.35. The van der Waals surface area contributed by atoms with Crippen LogP contribution < -0.4 is 10.1 Å². The summed E-state index contributed by atoms with van der Waals surface area (Å²) in [6.07, 6.45) is 0. The quantitative estimate of drug-likeness (QED) is 0.491. The van der Waals surface area contributed by atoms with Gasteiger partial charge in [0.05, 0.1) is 30.3 Å². The second-order valence-corrected chi connectivity index (χ2v) is 9.71. The van der Waals surface area contributed by atoms with Crippen molar-refractivity contribution in [1.29, 1.82) is 0 Å². The molecule has 1 aromatic heterocycles. The molecular weight excluding hydrogens is 456 g/mol. The lowest BCUT2D eigenvalue weighted by atomic mass is 10.1. The van der Waals surface area contributed by atoms with Gasteiger partial charge in [0.2, 0.25) is 15.9 Å². The van der Waals surface area contributed by atoms with E-state index in [4.69, 9.17) is 9.47 Å². The Hall–Kier alpha value is -3.34. The zero-order valence-corrected chi connectivity index (χ0v) is 19.6. The van der Waals surface area contributed by atoms with Crippen molar-refractivity contribution in [3.05, 3.63) is 71.8 Å². The number of ether oxygens (including phenoxy) is 2. The van der Waals surface area contributed by atoms with E-state index in [1.807, 2.05) is 37.3 Å². The molecule has 10 heteroatoms. The maximum atomic E-state index is 12.7. The van der Waals surface area contributed by atoms with Gasteiger partial charge in [-0.2, -0.15) is 4.31 Å². The molecule has 1 saturated heterocycles. The monoisotopic (exact) mass is 482 g/mol. The van der Waals surface area contributed by atoms with Gasteiger partial charge in [-0.3, -0.25) is 4.79 Å². The maximum absolute atomic E-state index is 12.7. The summed E-state index contributed by atoms with van der Waals surface area (Å²) in [6.45, 7) is 3.90. The van der Waals surface area contributed by atoms with E-state index < -0.39 is 10.0 Å². The Balaban J connectivity index is 1.25. The van der Waals surface area contributed by atoms with Gasteiger partial charge in [0.25, 0.3) is 5.91 Å². The summed E-state index contributed by atoms with van der Waals surface area (Å²) >= 11 is 0. The average molecular weight is 483 g/mol. The van der Waals surface area contributed by atoms with Crippen molar-refractivity contribution in [2.75, 3.05) is 39.5 Å². The third kappa shape index (κ3) is 5.77. The van der Waals surface area contributed by atoms with Crippen LogP contribution in [0.1, 0.15) is 15.9 Å². The Morgan fingerprint density at radius 1 is 1.00 bits per heavy atom. The van der Waals surface area contributed by atoms with Gasteiger partial charge >= 0.3 is 0 Å². The molecule has 2 heterocycles. The van der Waals surface area contributed by atoms with Gasteiger partial charge in [-0.05, 0) is 37.3 Å². The zero-order chi connectivity index (χ0) is 24.0. The Kier molecular flexibility index (Phi) is 7.51. The first kappa shape index (κ1) is 23.8. The van der Waals surface area contributed by atoms with Crippen molar-refractivity contribution < 1.29 is 22.7 Å². The number of benzene rings is 2. The number of sulfonamides is 1. The number of hydrogen-bond donors (Lipinski definition) is 1. The van der Waals surface area contributed by atoms with Crippen molar-refractivity contribution in [3.63, 3.8) is 0 Å². The minimum Gasteiger partial charge on any atom is -0.475 e. The Labute approximate surface area is 198 Å². The number of hydrogen-bond acceptors (Lipinski definition) is 7. The Morgan fingerprint density at radius 2 is 1.71 bits per heavy atom. The molecule has 0 radical (unpaired) electrons. The van der Waals surface area contributed by atoms with Crippen LogP contribution in [-0.4, -0.2) is 68.3 Å². The van der Waals surface area contributed by atoms with Crippen LogP contribution in [0.5, 0.6) is 5.88 Å². The summed E-state index contributed by atoms with van der Waals surface area (Å²) in [5, 5.41) is 11.0. The highest BCUT2D eigenvalue weighted by molar-refractivity contribution is 7.89. The van der Waals surface area contributed by atoms with Crippen molar-refractivity contribution in [2.45, 2.75) is 11.8 Å². The molecule has 0 bridgehead atoms. The summed E-state index contributed by atoms with van der Waals surface area (Å²) < 4.78 is 37.5. The molecule has 9 nitrogen and oxygen atoms in total. The molecule has 3 aromatic rings. The van der Waals surface area contributed by atoms with Crippen LogP contribution in [0.4, 0.5) is 0 Å². The smallest absolute Gasteiger partial charge is 0.251 e. The van der Waals surface area contributed by atoms with E-state index in [-0.39, 0.29) is 24.0 Å². The van der Waals surface area contributed by atoms with E-state index in [0.29, 0.717) is 37.7 Å². The van der Waals surface area contributed by atoms with Gasteiger partial charge < -0.3 is 14.8 Å². The number of carbonyl (C=O) groups is 1. The van der Waals surface area contributed by atoms with E-state index in [1.165, 1.54) is 34.1 Å². The third-order valence-corrected chi connectivity index (χ3v) is 7.26. The largest absolute Gasteiger partial charge is 0.475 e. The molecule has 2 aromatic carbocycles. The molecule has 0 aliphatic carbocycles. The van der Waals surface area contributed by atoms with Gasteiger partial charge in [-0.25, -0.2) is 8.42 Å². The number of aromatic nitrogens is 2.